The number of pyridine rings is 1. The second-order valence-corrected chi connectivity index (χ2v) is 10.4. The molecule has 3 aromatic rings. The van der Waals surface area contributed by atoms with Gasteiger partial charge in [-0.05, 0) is 56.2 Å². The lowest BCUT2D eigenvalue weighted by Crippen LogP contribution is -2.50. The van der Waals surface area contributed by atoms with Gasteiger partial charge in [-0.25, -0.2) is 9.97 Å². The molecule has 0 aromatic carbocycles. The van der Waals surface area contributed by atoms with E-state index in [9.17, 15) is 4.79 Å². The molecule has 0 unspecified atom stereocenters. The van der Waals surface area contributed by atoms with Gasteiger partial charge in [0.15, 0.2) is 5.82 Å². The lowest BCUT2D eigenvalue weighted by molar-refractivity contribution is -0.131. The van der Waals surface area contributed by atoms with E-state index >= 15 is 0 Å². The second kappa shape index (κ2) is 8.99. The van der Waals surface area contributed by atoms with Crippen LogP contribution in [0.1, 0.15) is 36.1 Å². The van der Waals surface area contributed by atoms with Crippen LogP contribution in [0, 0.1) is 0 Å². The molecule has 2 aliphatic heterocycles. The maximum Gasteiger partial charge on any atom is 0.236 e. The molecule has 0 atom stereocenters. The number of amides is 1. The Morgan fingerprint density at radius 2 is 1.79 bits per heavy atom. The van der Waals surface area contributed by atoms with Crippen LogP contribution in [0.15, 0.2) is 24.5 Å². The maximum absolute atomic E-state index is 12.6. The van der Waals surface area contributed by atoms with E-state index in [0.717, 1.165) is 87.0 Å². The summed E-state index contributed by atoms with van der Waals surface area (Å²) >= 11 is 1.85. The molecule has 33 heavy (non-hydrogen) atoms. The lowest BCUT2D eigenvalue weighted by Gasteiger charge is -2.36. The number of fused-ring (bicyclic) bond motifs is 3. The summed E-state index contributed by atoms with van der Waals surface area (Å²) in [6, 6.07) is 3.98. The first-order valence-corrected chi connectivity index (χ1v) is 13.1. The molecule has 0 spiro atoms. The first-order chi connectivity index (χ1) is 16.3. The fourth-order valence-corrected chi connectivity index (χ4v) is 6.62. The van der Waals surface area contributed by atoms with E-state index in [2.05, 4.69) is 14.8 Å². The number of nitrogens with zero attached hydrogens (tertiary/aromatic N) is 6. The van der Waals surface area contributed by atoms with E-state index in [4.69, 9.17) is 9.97 Å². The highest BCUT2D eigenvalue weighted by molar-refractivity contribution is 7.19. The molecule has 1 amide bonds. The van der Waals surface area contributed by atoms with Gasteiger partial charge in [0.2, 0.25) is 5.91 Å². The van der Waals surface area contributed by atoms with Crippen LogP contribution in [0.4, 0.5) is 5.82 Å². The molecular formula is C25H30N6OS. The minimum Gasteiger partial charge on any atom is -0.353 e. The largest absolute Gasteiger partial charge is 0.353 e. The average molecular weight is 463 g/mol. The normalized spacial score (nSPS) is 19.3. The van der Waals surface area contributed by atoms with Crippen LogP contribution in [-0.2, 0) is 17.6 Å². The van der Waals surface area contributed by atoms with Crippen LogP contribution in [-0.4, -0.2) is 76.5 Å². The number of hydrogen-bond donors (Lipinski definition) is 0. The highest BCUT2D eigenvalue weighted by Gasteiger charge is 2.28. The van der Waals surface area contributed by atoms with Crippen LogP contribution in [0.5, 0.6) is 0 Å². The molecule has 0 N–H and O–H groups in total. The van der Waals surface area contributed by atoms with E-state index in [1.165, 1.54) is 28.7 Å². The molecule has 2 fully saturated rings. The molecular weight excluding hydrogens is 432 g/mol. The number of aryl methyl sites for hydroxylation is 2. The zero-order chi connectivity index (χ0) is 22.2. The minimum atomic E-state index is 0.288. The summed E-state index contributed by atoms with van der Waals surface area (Å²) in [7, 11) is 0. The molecule has 3 aliphatic rings. The standard InChI is InChI=1S/C25H30N6OS/c32-21(30-10-3-4-11-30)17-29-12-14-31(15-13-29)24-22-19-7-1-2-8-20(19)33-25(22)28-23(27-24)18-6-5-9-26-16-18/h5-6,9,16H,1-4,7-8,10-15,17H2. The molecule has 8 heteroatoms. The van der Waals surface area contributed by atoms with Gasteiger partial charge in [0.1, 0.15) is 10.6 Å². The van der Waals surface area contributed by atoms with Crippen molar-refractivity contribution in [1.29, 1.82) is 0 Å². The van der Waals surface area contributed by atoms with Gasteiger partial charge in [-0.2, -0.15) is 0 Å². The summed E-state index contributed by atoms with van der Waals surface area (Å²) < 4.78 is 0. The molecule has 0 bridgehead atoms. The third kappa shape index (κ3) is 4.10. The van der Waals surface area contributed by atoms with Crippen molar-refractivity contribution in [2.24, 2.45) is 0 Å². The molecule has 1 aliphatic carbocycles. The van der Waals surface area contributed by atoms with Crippen molar-refractivity contribution in [3.05, 3.63) is 35.0 Å². The number of carbonyl (C=O) groups excluding carboxylic acids is 1. The summed E-state index contributed by atoms with van der Waals surface area (Å²) in [5.74, 6) is 2.12. The number of likely N-dealkylation sites (tertiary alicyclic amines) is 1. The Bertz CT molecular complexity index is 1150. The maximum atomic E-state index is 12.6. The van der Waals surface area contributed by atoms with E-state index in [0.29, 0.717) is 6.54 Å². The van der Waals surface area contributed by atoms with Crippen LogP contribution < -0.4 is 4.90 Å². The molecule has 7 nitrogen and oxygen atoms in total. The fourth-order valence-electron chi connectivity index (χ4n) is 5.37. The molecule has 6 rings (SSSR count). The summed E-state index contributed by atoms with van der Waals surface area (Å²) in [4.78, 5) is 36.3. The Hall–Kier alpha value is -2.58. The van der Waals surface area contributed by atoms with Gasteiger partial charge in [0.05, 0.1) is 11.9 Å². The number of rotatable bonds is 4. The molecule has 5 heterocycles. The number of carbonyl (C=O) groups is 1. The fraction of sp³-hybridized carbons (Fsp3) is 0.520. The Morgan fingerprint density at radius 3 is 2.58 bits per heavy atom. The predicted octanol–water partition coefficient (Wildman–Crippen LogP) is 3.38. The van der Waals surface area contributed by atoms with Crippen molar-refractivity contribution in [1.82, 2.24) is 24.8 Å². The zero-order valence-corrected chi connectivity index (χ0v) is 19.8. The third-order valence-corrected chi connectivity index (χ3v) is 8.39. The highest BCUT2D eigenvalue weighted by atomic mass is 32.1. The zero-order valence-electron chi connectivity index (χ0n) is 19.0. The van der Waals surface area contributed by atoms with E-state index in [1.807, 2.05) is 34.6 Å². The second-order valence-electron chi connectivity index (χ2n) is 9.35. The quantitative estimate of drug-likeness (QED) is 0.592. The Balaban J connectivity index is 1.29. The Labute approximate surface area is 198 Å². The van der Waals surface area contributed by atoms with Crippen LogP contribution in [0.3, 0.4) is 0 Å². The molecule has 2 saturated heterocycles. The number of thiophene rings is 1. The highest BCUT2D eigenvalue weighted by Crippen LogP contribution is 2.41. The Kier molecular flexibility index (Phi) is 5.72. The van der Waals surface area contributed by atoms with Gasteiger partial charge in [-0.15, -0.1) is 11.3 Å². The van der Waals surface area contributed by atoms with Gasteiger partial charge in [-0.1, -0.05) is 0 Å². The smallest absolute Gasteiger partial charge is 0.236 e. The first kappa shape index (κ1) is 21.0. The number of aromatic nitrogens is 3. The van der Waals surface area contributed by atoms with Crippen molar-refractivity contribution in [3.8, 4) is 11.4 Å². The van der Waals surface area contributed by atoms with Crippen molar-refractivity contribution in [2.75, 3.05) is 50.7 Å². The number of hydrogen-bond acceptors (Lipinski definition) is 7. The van der Waals surface area contributed by atoms with Gasteiger partial charge >= 0.3 is 0 Å². The summed E-state index contributed by atoms with van der Waals surface area (Å²) in [6.07, 6.45) is 10.7. The number of anilines is 1. The molecule has 172 valence electrons. The molecule has 0 radical (unpaired) electrons. The Morgan fingerprint density at radius 1 is 0.970 bits per heavy atom. The van der Waals surface area contributed by atoms with E-state index in [1.54, 1.807) is 6.20 Å². The first-order valence-electron chi connectivity index (χ1n) is 12.2. The van der Waals surface area contributed by atoms with Crippen molar-refractivity contribution in [3.63, 3.8) is 0 Å². The van der Waals surface area contributed by atoms with Gasteiger partial charge in [0, 0.05) is 62.1 Å². The average Bonchev–Trinajstić information content (AvgIpc) is 3.53. The minimum absolute atomic E-state index is 0.288. The summed E-state index contributed by atoms with van der Waals surface area (Å²) in [5.41, 5.74) is 2.43. The topological polar surface area (TPSA) is 65.5 Å². The van der Waals surface area contributed by atoms with Crippen LogP contribution in [0.2, 0.25) is 0 Å². The van der Waals surface area contributed by atoms with Gasteiger partial charge < -0.3 is 9.80 Å². The lowest BCUT2D eigenvalue weighted by atomic mass is 9.96. The van der Waals surface area contributed by atoms with Crippen LogP contribution in [0.25, 0.3) is 21.6 Å². The van der Waals surface area contributed by atoms with Crippen molar-refractivity contribution in [2.45, 2.75) is 38.5 Å². The van der Waals surface area contributed by atoms with E-state index < -0.39 is 0 Å². The monoisotopic (exact) mass is 462 g/mol. The SMILES string of the molecule is O=C(CN1CCN(c2nc(-c3cccnc3)nc3sc4c(c23)CCCC4)CC1)N1CCCC1. The van der Waals surface area contributed by atoms with Gasteiger partial charge in [0.25, 0.3) is 0 Å². The van der Waals surface area contributed by atoms with Gasteiger partial charge in [-0.3, -0.25) is 14.7 Å². The molecule has 3 aromatic heterocycles. The van der Waals surface area contributed by atoms with E-state index in [-0.39, 0.29) is 5.91 Å². The van der Waals surface area contributed by atoms with Crippen LogP contribution >= 0.6 is 11.3 Å². The summed E-state index contributed by atoms with van der Waals surface area (Å²) in [5, 5.41) is 1.27. The summed E-state index contributed by atoms with van der Waals surface area (Å²) in [6.45, 7) is 5.95. The van der Waals surface area contributed by atoms with Crippen molar-refractivity contribution < 1.29 is 4.79 Å². The predicted molar refractivity (Wildman–Crippen MR) is 132 cm³/mol. The third-order valence-electron chi connectivity index (χ3n) is 7.20. The number of piperazine rings is 1. The van der Waals surface area contributed by atoms with Crippen molar-refractivity contribution >= 4 is 33.3 Å². The molecule has 0 saturated carbocycles.